The molecule has 0 bridgehead atoms. The number of carbonyl (C=O) groups is 2. The van der Waals surface area contributed by atoms with E-state index in [-0.39, 0.29) is 23.8 Å². The molecule has 0 saturated carbocycles. The smallest absolute Gasteiger partial charge is 0.307 e. The second-order valence-corrected chi connectivity index (χ2v) is 4.95. The van der Waals surface area contributed by atoms with Gasteiger partial charge in [-0.1, -0.05) is 0 Å². The number of nitrogens with one attached hydrogen (secondary N) is 1. The number of ether oxygens (including phenoxy) is 1. The predicted octanol–water partition coefficient (Wildman–Crippen LogP) is 0.148. The second-order valence-electron chi connectivity index (χ2n) is 4.95. The van der Waals surface area contributed by atoms with E-state index in [0.29, 0.717) is 6.54 Å². The zero-order valence-corrected chi connectivity index (χ0v) is 10.4. The van der Waals surface area contributed by atoms with Crippen molar-refractivity contribution in [2.45, 2.75) is 38.8 Å². The van der Waals surface area contributed by atoms with Gasteiger partial charge in [0, 0.05) is 18.6 Å². The molecular formula is C11H20N2O3. The monoisotopic (exact) mass is 228 g/mol. The summed E-state index contributed by atoms with van der Waals surface area (Å²) in [5, 5.41) is 2.78. The Morgan fingerprint density at radius 3 is 2.69 bits per heavy atom. The largest absolute Gasteiger partial charge is 0.469 e. The van der Waals surface area contributed by atoms with Crippen LogP contribution in [0.2, 0.25) is 0 Å². The van der Waals surface area contributed by atoms with Crippen LogP contribution in [0, 0.1) is 0 Å². The summed E-state index contributed by atoms with van der Waals surface area (Å²) in [6, 6.07) is -0.416. The van der Waals surface area contributed by atoms with Crippen LogP contribution in [-0.2, 0) is 14.3 Å². The lowest BCUT2D eigenvalue weighted by Gasteiger charge is -2.43. The fraction of sp³-hybridized carbons (Fsp3) is 0.818. The molecule has 1 heterocycles. The minimum atomic E-state index is -0.416. The predicted molar refractivity (Wildman–Crippen MR) is 59.9 cm³/mol. The average molecular weight is 228 g/mol. The van der Waals surface area contributed by atoms with Crippen LogP contribution < -0.4 is 5.32 Å². The Kier molecular flexibility index (Phi) is 3.91. The molecule has 1 amide bonds. The van der Waals surface area contributed by atoms with E-state index < -0.39 is 6.04 Å². The van der Waals surface area contributed by atoms with Crippen LogP contribution in [0.25, 0.3) is 0 Å². The molecular weight excluding hydrogens is 208 g/mol. The normalized spacial score (nSPS) is 22.8. The summed E-state index contributed by atoms with van der Waals surface area (Å²) in [5.74, 6) is -0.442. The van der Waals surface area contributed by atoms with E-state index in [1.165, 1.54) is 7.11 Å². The average Bonchev–Trinajstić information content (AvgIpc) is 2.19. The van der Waals surface area contributed by atoms with Crippen LogP contribution >= 0.6 is 0 Å². The van der Waals surface area contributed by atoms with Crippen molar-refractivity contribution >= 4 is 11.9 Å². The first-order valence-corrected chi connectivity index (χ1v) is 5.47. The number of amides is 1. The highest BCUT2D eigenvalue weighted by atomic mass is 16.5. The lowest BCUT2D eigenvalue weighted by molar-refractivity contribution is -0.147. The highest BCUT2D eigenvalue weighted by molar-refractivity contribution is 5.87. The van der Waals surface area contributed by atoms with Crippen LogP contribution in [-0.4, -0.2) is 48.6 Å². The summed E-state index contributed by atoms with van der Waals surface area (Å²) in [5.41, 5.74) is -0.129. The van der Waals surface area contributed by atoms with Crippen LogP contribution in [0.15, 0.2) is 0 Å². The Bertz CT molecular complexity index is 283. The van der Waals surface area contributed by atoms with Crippen molar-refractivity contribution in [3.05, 3.63) is 0 Å². The van der Waals surface area contributed by atoms with Gasteiger partial charge >= 0.3 is 5.97 Å². The van der Waals surface area contributed by atoms with Crippen LogP contribution in [0.5, 0.6) is 0 Å². The topological polar surface area (TPSA) is 58.6 Å². The summed E-state index contributed by atoms with van der Waals surface area (Å²) in [6.45, 7) is 7.51. The summed E-state index contributed by atoms with van der Waals surface area (Å²) < 4.78 is 4.62. The molecule has 0 aromatic heterocycles. The van der Waals surface area contributed by atoms with E-state index in [9.17, 15) is 9.59 Å². The van der Waals surface area contributed by atoms with Crippen molar-refractivity contribution in [3.63, 3.8) is 0 Å². The fourth-order valence-electron chi connectivity index (χ4n) is 1.96. The molecule has 1 rings (SSSR count). The van der Waals surface area contributed by atoms with Crippen LogP contribution in [0.1, 0.15) is 27.2 Å². The fourth-order valence-corrected chi connectivity index (χ4v) is 1.96. The lowest BCUT2D eigenvalue weighted by Crippen LogP contribution is -2.61. The maximum atomic E-state index is 11.7. The molecule has 1 atom stereocenters. The molecule has 0 radical (unpaired) electrons. The molecule has 5 nitrogen and oxygen atoms in total. The highest BCUT2D eigenvalue weighted by Gasteiger charge is 2.37. The SMILES string of the molecule is COC(=O)CC1C(=O)NCCN1C(C)(C)C. The summed E-state index contributed by atoms with van der Waals surface area (Å²) in [4.78, 5) is 25.1. The van der Waals surface area contributed by atoms with Crippen molar-refractivity contribution in [2.75, 3.05) is 20.2 Å². The molecule has 1 saturated heterocycles. The first-order valence-electron chi connectivity index (χ1n) is 5.47. The molecule has 1 aliphatic rings. The first kappa shape index (κ1) is 13.0. The number of rotatable bonds is 2. The lowest BCUT2D eigenvalue weighted by atomic mass is 9.98. The molecule has 1 N–H and O–H groups in total. The van der Waals surface area contributed by atoms with Gasteiger partial charge in [-0.05, 0) is 20.8 Å². The van der Waals surface area contributed by atoms with E-state index in [0.717, 1.165) is 6.54 Å². The van der Waals surface area contributed by atoms with Gasteiger partial charge in [-0.15, -0.1) is 0 Å². The highest BCUT2D eigenvalue weighted by Crippen LogP contribution is 2.21. The molecule has 92 valence electrons. The Balaban J connectivity index is 2.80. The van der Waals surface area contributed by atoms with Crippen LogP contribution in [0.4, 0.5) is 0 Å². The quantitative estimate of drug-likeness (QED) is 0.683. The number of nitrogens with zero attached hydrogens (tertiary/aromatic N) is 1. The van der Waals surface area contributed by atoms with Crippen molar-refractivity contribution in [2.24, 2.45) is 0 Å². The third-order valence-corrected chi connectivity index (χ3v) is 2.78. The number of carbonyl (C=O) groups excluding carboxylic acids is 2. The minimum absolute atomic E-state index is 0.0911. The van der Waals surface area contributed by atoms with Gasteiger partial charge in [-0.25, -0.2) is 0 Å². The van der Waals surface area contributed by atoms with Gasteiger partial charge in [0.2, 0.25) is 5.91 Å². The zero-order valence-electron chi connectivity index (χ0n) is 10.4. The van der Waals surface area contributed by atoms with E-state index >= 15 is 0 Å². The summed E-state index contributed by atoms with van der Waals surface area (Å²) >= 11 is 0. The number of hydrogen-bond donors (Lipinski definition) is 1. The van der Waals surface area contributed by atoms with Gasteiger partial charge in [-0.3, -0.25) is 14.5 Å². The van der Waals surface area contributed by atoms with Gasteiger partial charge in [-0.2, -0.15) is 0 Å². The number of esters is 1. The molecule has 1 fully saturated rings. The molecule has 5 heteroatoms. The van der Waals surface area contributed by atoms with E-state index in [1.807, 2.05) is 25.7 Å². The standard InChI is InChI=1S/C11H20N2O3/c1-11(2,3)13-6-5-12-10(15)8(13)7-9(14)16-4/h8H,5-7H2,1-4H3,(H,12,15). The molecule has 1 unspecified atom stereocenters. The molecule has 0 aromatic rings. The molecule has 0 aliphatic carbocycles. The Labute approximate surface area is 96.1 Å². The Morgan fingerprint density at radius 1 is 1.56 bits per heavy atom. The molecule has 0 spiro atoms. The second kappa shape index (κ2) is 4.82. The van der Waals surface area contributed by atoms with E-state index in [2.05, 4.69) is 10.1 Å². The Hall–Kier alpha value is -1.10. The van der Waals surface area contributed by atoms with Gasteiger partial charge in [0.1, 0.15) is 6.04 Å². The van der Waals surface area contributed by atoms with Gasteiger partial charge in [0.25, 0.3) is 0 Å². The van der Waals surface area contributed by atoms with Crippen LogP contribution in [0.3, 0.4) is 0 Å². The zero-order chi connectivity index (χ0) is 12.3. The third-order valence-electron chi connectivity index (χ3n) is 2.78. The number of methoxy groups -OCH3 is 1. The number of hydrogen-bond acceptors (Lipinski definition) is 4. The maximum absolute atomic E-state index is 11.7. The minimum Gasteiger partial charge on any atom is -0.469 e. The van der Waals surface area contributed by atoms with Gasteiger partial charge in [0.05, 0.1) is 13.5 Å². The van der Waals surface area contributed by atoms with Gasteiger partial charge < -0.3 is 10.1 Å². The van der Waals surface area contributed by atoms with Crippen molar-refractivity contribution < 1.29 is 14.3 Å². The third kappa shape index (κ3) is 2.95. The molecule has 1 aliphatic heterocycles. The number of piperazine rings is 1. The van der Waals surface area contributed by atoms with Crippen molar-refractivity contribution in [1.82, 2.24) is 10.2 Å². The van der Waals surface area contributed by atoms with E-state index in [1.54, 1.807) is 0 Å². The summed E-state index contributed by atoms with van der Waals surface area (Å²) in [7, 11) is 1.34. The molecule has 16 heavy (non-hydrogen) atoms. The van der Waals surface area contributed by atoms with Crippen molar-refractivity contribution in [3.8, 4) is 0 Å². The molecule has 0 aromatic carbocycles. The maximum Gasteiger partial charge on any atom is 0.307 e. The van der Waals surface area contributed by atoms with E-state index in [4.69, 9.17) is 0 Å². The summed E-state index contributed by atoms with van der Waals surface area (Å²) in [6.07, 6.45) is 0.111. The van der Waals surface area contributed by atoms with Gasteiger partial charge in [0.15, 0.2) is 0 Å². The Morgan fingerprint density at radius 2 is 2.19 bits per heavy atom. The van der Waals surface area contributed by atoms with Crippen molar-refractivity contribution in [1.29, 1.82) is 0 Å². The first-order chi connectivity index (χ1) is 7.36.